The van der Waals surface area contributed by atoms with Gasteiger partial charge in [-0.15, -0.1) is 0 Å². The molecule has 6 nitrogen and oxygen atoms in total. The Labute approximate surface area is 154 Å². The number of para-hydroxylation sites is 1. The minimum absolute atomic E-state index is 0.649. The Bertz CT molecular complexity index is 866. The zero-order valence-corrected chi connectivity index (χ0v) is 15.5. The molecule has 1 heterocycles. The molecular formula is C20H25N5O. The van der Waals surface area contributed by atoms with Crippen molar-refractivity contribution in [1.82, 2.24) is 9.97 Å². The van der Waals surface area contributed by atoms with E-state index in [0.717, 1.165) is 41.1 Å². The summed E-state index contributed by atoms with van der Waals surface area (Å²) < 4.78 is 5.25. The molecule has 2 N–H and O–H groups in total. The molecule has 0 saturated carbocycles. The number of hydrogen-bond donors (Lipinski definition) is 1. The molecule has 0 unspecified atom stereocenters. The van der Waals surface area contributed by atoms with Crippen LogP contribution in [0.1, 0.15) is 6.42 Å². The predicted molar refractivity (Wildman–Crippen MR) is 108 cm³/mol. The number of benzene rings is 2. The molecule has 6 heteroatoms. The van der Waals surface area contributed by atoms with Crippen LogP contribution in [0.3, 0.4) is 0 Å². The summed E-state index contributed by atoms with van der Waals surface area (Å²) in [5.74, 6) is 2.40. The molecule has 0 aliphatic carbocycles. The van der Waals surface area contributed by atoms with E-state index < -0.39 is 0 Å². The molecule has 3 aromatic rings. The van der Waals surface area contributed by atoms with Crippen molar-refractivity contribution in [3.8, 4) is 5.75 Å². The molecule has 136 valence electrons. The van der Waals surface area contributed by atoms with Gasteiger partial charge in [0.2, 0.25) is 5.95 Å². The van der Waals surface area contributed by atoms with Gasteiger partial charge in [0.05, 0.1) is 12.6 Å². The number of anilines is 3. The Hall–Kier alpha value is -2.86. The molecule has 2 aromatic carbocycles. The van der Waals surface area contributed by atoms with E-state index >= 15 is 0 Å². The Morgan fingerprint density at radius 1 is 1.00 bits per heavy atom. The van der Waals surface area contributed by atoms with Gasteiger partial charge in [0.1, 0.15) is 11.6 Å². The van der Waals surface area contributed by atoms with Crippen LogP contribution in [-0.2, 0) is 0 Å². The maximum Gasteiger partial charge on any atom is 0.227 e. The molecule has 3 rings (SSSR count). The number of aromatic nitrogens is 2. The molecule has 0 radical (unpaired) electrons. The lowest BCUT2D eigenvalue weighted by Gasteiger charge is -2.23. The minimum Gasteiger partial charge on any atom is -0.497 e. The fraction of sp³-hybridized carbons (Fsp3) is 0.300. The molecule has 0 spiro atoms. The first-order chi connectivity index (χ1) is 12.6. The van der Waals surface area contributed by atoms with E-state index in [9.17, 15) is 0 Å². The molecule has 0 bridgehead atoms. The maximum absolute atomic E-state index is 5.64. The molecule has 0 aliphatic heterocycles. The lowest BCUT2D eigenvalue weighted by molar-refractivity contribution is 0.415. The highest BCUT2D eigenvalue weighted by molar-refractivity contribution is 5.92. The largest absolute Gasteiger partial charge is 0.497 e. The number of nitrogens with two attached hydrogens (primary N) is 1. The number of methoxy groups -OCH3 is 1. The topological polar surface area (TPSA) is 67.5 Å². The van der Waals surface area contributed by atoms with Gasteiger partial charge >= 0.3 is 0 Å². The fourth-order valence-corrected chi connectivity index (χ4v) is 2.83. The monoisotopic (exact) mass is 351 g/mol. The van der Waals surface area contributed by atoms with Crippen molar-refractivity contribution in [3.63, 3.8) is 0 Å². The normalized spacial score (nSPS) is 10.8. The summed E-state index contributed by atoms with van der Waals surface area (Å²) in [7, 11) is 5.68. The van der Waals surface area contributed by atoms with E-state index in [0.29, 0.717) is 12.5 Å². The van der Waals surface area contributed by atoms with Crippen molar-refractivity contribution in [3.05, 3.63) is 48.5 Å². The second kappa shape index (κ2) is 8.01. The van der Waals surface area contributed by atoms with Gasteiger partial charge in [0, 0.05) is 31.7 Å². The average Bonchev–Trinajstić information content (AvgIpc) is 2.70. The van der Waals surface area contributed by atoms with Crippen molar-refractivity contribution in [1.29, 1.82) is 0 Å². The van der Waals surface area contributed by atoms with Crippen LogP contribution in [-0.4, -0.2) is 44.3 Å². The molecule has 0 fully saturated rings. The number of hydrogen-bond acceptors (Lipinski definition) is 6. The third-order valence-corrected chi connectivity index (χ3v) is 4.39. The molecule has 0 atom stereocenters. The summed E-state index contributed by atoms with van der Waals surface area (Å²) in [5, 5.41) is 1.02. The fourth-order valence-electron chi connectivity index (χ4n) is 2.83. The highest BCUT2D eigenvalue weighted by Crippen LogP contribution is 2.31. The van der Waals surface area contributed by atoms with Gasteiger partial charge < -0.3 is 20.3 Å². The van der Waals surface area contributed by atoms with Crippen LogP contribution >= 0.6 is 0 Å². The van der Waals surface area contributed by atoms with Gasteiger partial charge in [0.25, 0.3) is 0 Å². The zero-order valence-electron chi connectivity index (χ0n) is 15.5. The second-order valence-corrected chi connectivity index (χ2v) is 6.19. The van der Waals surface area contributed by atoms with Gasteiger partial charge in [-0.3, -0.25) is 0 Å². The van der Waals surface area contributed by atoms with Crippen molar-refractivity contribution >= 4 is 28.4 Å². The maximum atomic E-state index is 5.64. The van der Waals surface area contributed by atoms with E-state index in [1.165, 1.54) is 0 Å². The number of nitrogens with zero attached hydrogens (tertiary/aromatic N) is 4. The summed E-state index contributed by atoms with van der Waals surface area (Å²) in [6.45, 7) is 1.47. The van der Waals surface area contributed by atoms with Crippen LogP contribution in [0.5, 0.6) is 5.75 Å². The van der Waals surface area contributed by atoms with Crippen LogP contribution in [0.25, 0.3) is 10.9 Å². The lowest BCUT2D eigenvalue weighted by atomic mass is 10.2. The summed E-state index contributed by atoms with van der Waals surface area (Å²) in [6, 6.07) is 16.0. The van der Waals surface area contributed by atoms with E-state index in [1.807, 2.05) is 67.5 Å². The molecule has 1 aromatic heterocycles. The number of fused-ring (bicyclic) bond motifs is 1. The summed E-state index contributed by atoms with van der Waals surface area (Å²) in [4.78, 5) is 13.7. The SMILES string of the molecule is COc1ccc(N(C)c2nc(N(C)CCCN)nc3ccccc23)cc1. The first-order valence-corrected chi connectivity index (χ1v) is 8.70. The first-order valence-electron chi connectivity index (χ1n) is 8.70. The van der Waals surface area contributed by atoms with E-state index in [1.54, 1.807) is 7.11 Å². The van der Waals surface area contributed by atoms with Crippen LogP contribution in [0, 0.1) is 0 Å². The highest BCUT2D eigenvalue weighted by atomic mass is 16.5. The third-order valence-electron chi connectivity index (χ3n) is 4.39. The van der Waals surface area contributed by atoms with Crippen molar-refractivity contribution in [2.45, 2.75) is 6.42 Å². The summed E-state index contributed by atoms with van der Waals surface area (Å²) in [5.41, 5.74) is 7.59. The minimum atomic E-state index is 0.649. The second-order valence-electron chi connectivity index (χ2n) is 6.19. The van der Waals surface area contributed by atoms with Crippen LogP contribution in [0.4, 0.5) is 17.5 Å². The van der Waals surface area contributed by atoms with Gasteiger partial charge in [-0.25, -0.2) is 4.98 Å². The van der Waals surface area contributed by atoms with Crippen LogP contribution in [0.15, 0.2) is 48.5 Å². The van der Waals surface area contributed by atoms with Crippen molar-refractivity contribution < 1.29 is 4.74 Å². The molecular weight excluding hydrogens is 326 g/mol. The number of rotatable bonds is 7. The van der Waals surface area contributed by atoms with E-state index in [2.05, 4.69) is 4.90 Å². The Morgan fingerprint density at radius 2 is 1.73 bits per heavy atom. The molecule has 0 saturated heterocycles. The first kappa shape index (κ1) is 17.9. The van der Waals surface area contributed by atoms with Crippen molar-refractivity contribution in [2.24, 2.45) is 5.73 Å². The highest BCUT2D eigenvalue weighted by Gasteiger charge is 2.15. The Kier molecular flexibility index (Phi) is 5.53. The van der Waals surface area contributed by atoms with Gasteiger partial charge in [-0.2, -0.15) is 4.98 Å². The van der Waals surface area contributed by atoms with Crippen LogP contribution in [0.2, 0.25) is 0 Å². The summed E-state index contributed by atoms with van der Waals surface area (Å²) >= 11 is 0. The van der Waals surface area contributed by atoms with E-state index in [-0.39, 0.29) is 0 Å². The van der Waals surface area contributed by atoms with Crippen molar-refractivity contribution in [2.75, 3.05) is 44.1 Å². The molecule has 0 amide bonds. The lowest BCUT2D eigenvalue weighted by Crippen LogP contribution is -2.24. The van der Waals surface area contributed by atoms with Gasteiger partial charge in [-0.05, 0) is 49.4 Å². The Balaban J connectivity index is 2.04. The zero-order chi connectivity index (χ0) is 18.5. The third kappa shape index (κ3) is 3.70. The number of ether oxygens (including phenoxy) is 1. The standard InChI is InChI=1S/C20H25N5O/c1-24(14-6-13-21)20-22-18-8-5-4-7-17(18)19(23-20)25(2)15-9-11-16(26-3)12-10-15/h4-5,7-12H,6,13-14,21H2,1-3H3. The van der Waals surface area contributed by atoms with Gasteiger partial charge in [0.15, 0.2) is 0 Å². The van der Waals surface area contributed by atoms with E-state index in [4.69, 9.17) is 20.4 Å². The van der Waals surface area contributed by atoms with Crippen LogP contribution < -0.4 is 20.3 Å². The molecule has 0 aliphatic rings. The van der Waals surface area contributed by atoms with Gasteiger partial charge in [-0.1, -0.05) is 12.1 Å². The average molecular weight is 351 g/mol. The predicted octanol–water partition coefficient (Wildman–Crippen LogP) is 3.19. The molecule has 26 heavy (non-hydrogen) atoms. The summed E-state index contributed by atoms with van der Waals surface area (Å²) in [6.07, 6.45) is 0.899. The quantitative estimate of drug-likeness (QED) is 0.705. The Morgan fingerprint density at radius 3 is 2.42 bits per heavy atom. The smallest absolute Gasteiger partial charge is 0.227 e.